The zero-order valence-electron chi connectivity index (χ0n) is 10.0. The van der Waals surface area contributed by atoms with E-state index in [0.717, 1.165) is 0 Å². The molecule has 102 valence electrons. The average molecular weight is 274 g/mol. The number of rotatable bonds is 8. The van der Waals surface area contributed by atoms with Crippen molar-refractivity contribution < 1.29 is 18.3 Å². The molecule has 0 heterocycles. The van der Waals surface area contributed by atoms with Crippen molar-refractivity contribution in [1.82, 2.24) is 4.72 Å². The molecule has 1 aromatic carbocycles. The van der Waals surface area contributed by atoms with Gasteiger partial charge in [0.15, 0.2) is 0 Å². The Balaban J connectivity index is 2.30. The summed E-state index contributed by atoms with van der Waals surface area (Å²) in [5, 5.41) is 8.54. The number of nitrogens with two attached hydrogens (primary N) is 1. The van der Waals surface area contributed by atoms with Gasteiger partial charge >= 0.3 is 0 Å². The molecule has 0 aromatic heterocycles. The van der Waals surface area contributed by atoms with Crippen molar-refractivity contribution in [3.63, 3.8) is 0 Å². The van der Waals surface area contributed by atoms with Crippen LogP contribution in [0.2, 0.25) is 0 Å². The van der Waals surface area contributed by atoms with Crippen LogP contribution in [0.3, 0.4) is 0 Å². The summed E-state index contributed by atoms with van der Waals surface area (Å²) in [4.78, 5) is 0. The summed E-state index contributed by atoms with van der Waals surface area (Å²) in [6, 6.07) is 6.73. The standard InChI is InChI=1S/C11H18N2O4S/c12-10-2-4-11(5-3-10)17-8-9-18(15,16)13-6-1-7-14/h2-5,13-14H,1,6-9,12H2. The largest absolute Gasteiger partial charge is 0.492 e. The molecule has 0 amide bonds. The highest BCUT2D eigenvalue weighted by Crippen LogP contribution is 2.12. The Bertz CT molecular complexity index is 445. The molecule has 0 spiro atoms. The zero-order valence-corrected chi connectivity index (χ0v) is 10.8. The Hall–Kier alpha value is -1.31. The number of benzene rings is 1. The maximum absolute atomic E-state index is 11.5. The zero-order chi connectivity index (χ0) is 13.4. The molecule has 0 atom stereocenters. The first-order valence-corrected chi connectivity index (χ1v) is 7.25. The maximum Gasteiger partial charge on any atom is 0.214 e. The average Bonchev–Trinajstić information content (AvgIpc) is 2.32. The second-order valence-electron chi connectivity index (χ2n) is 3.71. The SMILES string of the molecule is Nc1ccc(OCCS(=O)(=O)NCCCO)cc1. The van der Waals surface area contributed by atoms with E-state index in [0.29, 0.717) is 17.9 Å². The second-order valence-corrected chi connectivity index (χ2v) is 5.63. The highest BCUT2D eigenvalue weighted by atomic mass is 32.2. The van der Waals surface area contributed by atoms with Gasteiger partial charge in [0, 0.05) is 18.8 Å². The smallest absolute Gasteiger partial charge is 0.214 e. The van der Waals surface area contributed by atoms with Gasteiger partial charge in [-0.1, -0.05) is 0 Å². The van der Waals surface area contributed by atoms with Crippen molar-refractivity contribution in [1.29, 1.82) is 0 Å². The normalized spacial score (nSPS) is 11.4. The molecule has 0 fully saturated rings. The van der Waals surface area contributed by atoms with Gasteiger partial charge in [-0.25, -0.2) is 13.1 Å². The maximum atomic E-state index is 11.5. The number of nitrogen functional groups attached to an aromatic ring is 1. The van der Waals surface area contributed by atoms with Crippen molar-refractivity contribution in [2.45, 2.75) is 6.42 Å². The van der Waals surface area contributed by atoms with E-state index in [1.54, 1.807) is 24.3 Å². The molecule has 0 bridgehead atoms. The third-order valence-corrected chi connectivity index (χ3v) is 3.51. The van der Waals surface area contributed by atoms with Gasteiger partial charge in [-0.05, 0) is 30.7 Å². The van der Waals surface area contributed by atoms with Crippen LogP contribution in [-0.2, 0) is 10.0 Å². The van der Waals surface area contributed by atoms with Gasteiger partial charge in [-0.3, -0.25) is 0 Å². The second kappa shape index (κ2) is 7.20. The van der Waals surface area contributed by atoms with Crippen LogP contribution in [0.25, 0.3) is 0 Å². The van der Waals surface area contributed by atoms with E-state index in [1.165, 1.54) is 0 Å². The molecule has 4 N–H and O–H groups in total. The van der Waals surface area contributed by atoms with Crippen LogP contribution < -0.4 is 15.2 Å². The lowest BCUT2D eigenvalue weighted by Gasteiger charge is -2.08. The molecule has 0 unspecified atom stereocenters. The molecular formula is C11H18N2O4S. The predicted octanol–water partition coefficient (Wildman–Crippen LogP) is -0.0506. The Kier molecular flexibility index (Phi) is 5.90. The van der Waals surface area contributed by atoms with E-state index in [9.17, 15) is 8.42 Å². The molecule has 0 aliphatic heterocycles. The van der Waals surface area contributed by atoms with E-state index in [2.05, 4.69) is 4.72 Å². The molecule has 0 saturated carbocycles. The summed E-state index contributed by atoms with van der Waals surface area (Å²) in [6.07, 6.45) is 0.401. The number of aliphatic hydroxyl groups excluding tert-OH is 1. The van der Waals surface area contributed by atoms with Gasteiger partial charge in [0.2, 0.25) is 10.0 Å². The summed E-state index contributed by atoms with van der Waals surface area (Å²) in [5.74, 6) is 0.456. The molecule has 1 aromatic rings. The fourth-order valence-corrected chi connectivity index (χ4v) is 2.11. The van der Waals surface area contributed by atoms with Crippen molar-refractivity contribution in [2.24, 2.45) is 0 Å². The van der Waals surface area contributed by atoms with Crippen molar-refractivity contribution in [2.75, 3.05) is 31.2 Å². The third-order valence-electron chi connectivity index (χ3n) is 2.16. The Morgan fingerprint density at radius 1 is 1.28 bits per heavy atom. The van der Waals surface area contributed by atoms with Gasteiger partial charge in [0.1, 0.15) is 12.4 Å². The van der Waals surface area contributed by atoms with Crippen LogP contribution in [0.1, 0.15) is 6.42 Å². The van der Waals surface area contributed by atoms with Crippen molar-refractivity contribution >= 4 is 15.7 Å². The number of aliphatic hydroxyl groups is 1. The summed E-state index contributed by atoms with van der Waals surface area (Å²) in [7, 11) is -3.34. The number of hydrogen-bond acceptors (Lipinski definition) is 5. The van der Waals surface area contributed by atoms with E-state index < -0.39 is 10.0 Å². The molecule has 1 rings (SSSR count). The lowest BCUT2D eigenvalue weighted by Crippen LogP contribution is -2.30. The minimum atomic E-state index is -3.34. The molecule has 0 aliphatic carbocycles. The Morgan fingerprint density at radius 3 is 2.56 bits per heavy atom. The minimum absolute atomic E-state index is 0.0372. The number of hydrogen-bond donors (Lipinski definition) is 3. The van der Waals surface area contributed by atoms with Crippen molar-refractivity contribution in [3.8, 4) is 5.75 Å². The highest BCUT2D eigenvalue weighted by molar-refractivity contribution is 7.89. The number of nitrogens with one attached hydrogen (secondary N) is 1. The summed E-state index contributed by atoms with van der Waals surface area (Å²) in [6.45, 7) is 0.267. The first-order valence-electron chi connectivity index (χ1n) is 5.60. The van der Waals surface area contributed by atoms with Crippen molar-refractivity contribution in [3.05, 3.63) is 24.3 Å². The van der Waals surface area contributed by atoms with Crippen LogP contribution in [0, 0.1) is 0 Å². The third kappa shape index (κ3) is 5.85. The summed E-state index contributed by atoms with van der Waals surface area (Å²) in [5.41, 5.74) is 6.14. The molecule has 0 radical (unpaired) electrons. The Morgan fingerprint density at radius 2 is 1.94 bits per heavy atom. The fraction of sp³-hybridized carbons (Fsp3) is 0.455. The fourth-order valence-electron chi connectivity index (χ4n) is 1.21. The predicted molar refractivity (Wildman–Crippen MR) is 69.8 cm³/mol. The van der Waals surface area contributed by atoms with E-state index in [-0.39, 0.29) is 25.5 Å². The molecular weight excluding hydrogens is 256 g/mol. The number of ether oxygens (including phenoxy) is 1. The Labute approximate surface area is 107 Å². The molecule has 18 heavy (non-hydrogen) atoms. The molecule has 0 aliphatic rings. The van der Waals surface area contributed by atoms with Crippen LogP contribution in [0.4, 0.5) is 5.69 Å². The minimum Gasteiger partial charge on any atom is -0.492 e. The quantitative estimate of drug-likeness (QED) is 0.456. The monoisotopic (exact) mass is 274 g/mol. The first-order chi connectivity index (χ1) is 8.53. The van der Waals surface area contributed by atoms with Crippen LogP contribution in [0.5, 0.6) is 5.75 Å². The van der Waals surface area contributed by atoms with Gasteiger partial charge in [-0.2, -0.15) is 0 Å². The lowest BCUT2D eigenvalue weighted by molar-refractivity contribution is 0.289. The van der Waals surface area contributed by atoms with Gasteiger partial charge < -0.3 is 15.6 Å². The first kappa shape index (κ1) is 14.7. The van der Waals surface area contributed by atoms with Gasteiger partial charge in [-0.15, -0.1) is 0 Å². The van der Waals surface area contributed by atoms with Crippen LogP contribution in [-0.4, -0.2) is 39.0 Å². The molecule has 7 heteroatoms. The summed E-state index contributed by atoms with van der Waals surface area (Å²) >= 11 is 0. The number of sulfonamides is 1. The van der Waals surface area contributed by atoms with E-state index >= 15 is 0 Å². The van der Waals surface area contributed by atoms with Crippen LogP contribution in [0.15, 0.2) is 24.3 Å². The summed E-state index contributed by atoms with van der Waals surface area (Å²) < 4.78 is 30.6. The topological polar surface area (TPSA) is 102 Å². The highest BCUT2D eigenvalue weighted by Gasteiger charge is 2.09. The van der Waals surface area contributed by atoms with Crippen LogP contribution >= 0.6 is 0 Å². The van der Waals surface area contributed by atoms with E-state index in [1.807, 2.05) is 0 Å². The lowest BCUT2D eigenvalue weighted by atomic mass is 10.3. The van der Waals surface area contributed by atoms with Gasteiger partial charge in [0.05, 0.1) is 5.75 Å². The van der Waals surface area contributed by atoms with E-state index in [4.69, 9.17) is 15.6 Å². The number of anilines is 1. The molecule has 6 nitrogen and oxygen atoms in total. The molecule has 0 saturated heterocycles. The van der Waals surface area contributed by atoms with Gasteiger partial charge in [0.25, 0.3) is 0 Å².